The van der Waals surface area contributed by atoms with Crippen molar-refractivity contribution in [2.24, 2.45) is 0 Å². The van der Waals surface area contributed by atoms with Crippen LogP contribution in [0.5, 0.6) is 0 Å². The lowest BCUT2D eigenvalue weighted by molar-refractivity contribution is -0.139. The number of carboxylic acid groups (broad SMARTS) is 1. The van der Waals surface area contributed by atoms with Gasteiger partial charge in [-0.05, 0) is 66.7 Å². The number of para-hydroxylation sites is 1. The second-order valence-corrected chi connectivity index (χ2v) is 9.97. The maximum atomic E-state index is 12.7. The molecule has 1 fully saturated rings. The summed E-state index contributed by atoms with van der Waals surface area (Å²) in [5.74, 6) is -1.28. The van der Waals surface area contributed by atoms with E-state index in [0.717, 1.165) is 49.3 Å². The van der Waals surface area contributed by atoms with Gasteiger partial charge in [0, 0.05) is 18.7 Å². The predicted molar refractivity (Wildman–Crippen MR) is 144 cm³/mol. The van der Waals surface area contributed by atoms with Gasteiger partial charge < -0.3 is 16.2 Å². The summed E-state index contributed by atoms with van der Waals surface area (Å²) in [6.45, 7) is 2.86. The van der Waals surface area contributed by atoms with Crippen molar-refractivity contribution in [1.82, 2.24) is 10.2 Å². The third-order valence-corrected chi connectivity index (χ3v) is 7.35. The first-order chi connectivity index (χ1) is 17.3. The zero-order chi connectivity index (χ0) is 25.7. The third kappa shape index (κ3) is 6.38. The molecule has 3 aromatic carbocycles. The lowest BCUT2D eigenvalue weighted by atomic mass is 9.88. The highest BCUT2D eigenvalue weighted by molar-refractivity contribution is 6.39. The molecule has 3 aromatic rings. The largest absolute Gasteiger partial charge is 0.480 e. The van der Waals surface area contributed by atoms with Crippen LogP contribution < -0.4 is 11.1 Å². The Kier molecular flexibility index (Phi) is 8.52. The van der Waals surface area contributed by atoms with E-state index in [1.54, 1.807) is 18.2 Å². The van der Waals surface area contributed by atoms with E-state index >= 15 is 0 Å². The van der Waals surface area contributed by atoms with Crippen LogP contribution in [0.2, 0.25) is 10.0 Å². The molecule has 0 saturated carbocycles. The molecule has 1 aliphatic heterocycles. The minimum atomic E-state index is -1.12. The third-order valence-electron chi connectivity index (χ3n) is 6.72. The number of halogens is 2. The summed E-state index contributed by atoms with van der Waals surface area (Å²) in [6, 6.07) is 19.6. The fraction of sp³-hybridized carbons (Fsp3) is 0.286. The summed E-state index contributed by atoms with van der Waals surface area (Å²) < 4.78 is 0. The number of aliphatic carboxylic acids is 1. The number of hydrogen-bond donors (Lipinski definition) is 3. The number of nitrogens with one attached hydrogen (secondary N) is 1. The zero-order valence-electron chi connectivity index (χ0n) is 19.8. The molecule has 4 rings (SSSR count). The number of piperidine rings is 1. The summed E-state index contributed by atoms with van der Waals surface area (Å²) >= 11 is 12.2. The van der Waals surface area contributed by atoms with Crippen LogP contribution >= 0.6 is 23.2 Å². The molecule has 0 unspecified atom stereocenters. The number of rotatable bonds is 8. The van der Waals surface area contributed by atoms with Crippen LogP contribution in [-0.2, 0) is 17.8 Å². The lowest BCUT2D eigenvalue weighted by Gasteiger charge is -2.32. The van der Waals surface area contributed by atoms with E-state index < -0.39 is 17.9 Å². The smallest absolute Gasteiger partial charge is 0.326 e. The highest BCUT2D eigenvalue weighted by Gasteiger charge is 2.25. The van der Waals surface area contributed by atoms with Crippen molar-refractivity contribution < 1.29 is 14.7 Å². The average Bonchev–Trinajstić information content (AvgIpc) is 2.86. The SMILES string of the molecule is Nc1ccccc1CN1CCC(c2ccc(C[C@H](NC(=O)c3c(Cl)cccc3Cl)C(=O)O)cc2)CC1. The van der Waals surface area contributed by atoms with Crippen LogP contribution in [-0.4, -0.2) is 41.0 Å². The molecule has 4 N–H and O–H groups in total. The van der Waals surface area contributed by atoms with E-state index in [-0.39, 0.29) is 22.0 Å². The Morgan fingerprint density at radius 3 is 2.22 bits per heavy atom. The number of hydrogen-bond acceptors (Lipinski definition) is 4. The average molecular weight is 526 g/mol. The lowest BCUT2D eigenvalue weighted by Crippen LogP contribution is -2.42. The van der Waals surface area contributed by atoms with Crippen LogP contribution in [0.15, 0.2) is 66.7 Å². The number of nitrogen functional groups attached to an aromatic ring is 1. The number of nitrogens with two attached hydrogens (primary N) is 1. The van der Waals surface area contributed by atoms with Gasteiger partial charge in [0.25, 0.3) is 5.91 Å². The van der Waals surface area contributed by atoms with E-state index in [1.807, 2.05) is 30.3 Å². The van der Waals surface area contributed by atoms with Gasteiger partial charge in [-0.25, -0.2) is 4.79 Å². The summed E-state index contributed by atoms with van der Waals surface area (Å²) in [5.41, 5.74) is 10.2. The Bertz CT molecular complexity index is 1200. The van der Waals surface area contributed by atoms with Gasteiger partial charge in [-0.3, -0.25) is 9.69 Å². The number of nitrogens with zero attached hydrogens (tertiary/aromatic N) is 1. The van der Waals surface area contributed by atoms with Crippen LogP contribution in [0, 0.1) is 0 Å². The second-order valence-electron chi connectivity index (χ2n) is 9.16. The maximum Gasteiger partial charge on any atom is 0.326 e. The van der Waals surface area contributed by atoms with Crippen molar-refractivity contribution in [2.45, 2.75) is 37.8 Å². The number of carboxylic acids is 1. The Hall–Kier alpha value is -3.06. The van der Waals surface area contributed by atoms with Gasteiger partial charge in [0.05, 0.1) is 15.6 Å². The van der Waals surface area contributed by atoms with E-state index in [0.29, 0.717) is 5.92 Å². The molecule has 0 aliphatic carbocycles. The molecule has 0 aromatic heterocycles. The van der Waals surface area contributed by atoms with E-state index in [4.69, 9.17) is 28.9 Å². The van der Waals surface area contributed by atoms with Crippen molar-refractivity contribution in [3.05, 3.63) is 99.0 Å². The summed E-state index contributed by atoms with van der Waals surface area (Å²) in [6.07, 6.45) is 2.26. The van der Waals surface area contributed by atoms with Gasteiger partial charge in [0.1, 0.15) is 6.04 Å². The van der Waals surface area contributed by atoms with E-state index in [1.165, 1.54) is 5.56 Å². The summed E-state index contributed by atoms with van der Waals surface area (Å²) in [5, 5.41) is 12.6. The van der Waals surface area contributed by atoms with Crippen molar-refractivity contribution in [2.75, 3.05) is 18.8 Å². The van der Waals surface area contributed by atoms with Gasteiger partial charge in [0.15, 0.2) is 0 Å². The molecule has 36 heavy (non-hydrogen) atoms. The number of carbonyl (C=O) groups is 2. The minimum absolute atomic E-state index is 0.0729. The number of likely N-dealkylation sites (tertiary alicyclic amines) is 1. The normalized spacial score (nSPS) is 15.4. The van der Waals surface area contributed by atoms with Crippen LogP contribution in [0.1, 0.15) is 45.8 Å². The molecule has 0 spiro atoms. The van der Waals surface area contributed by atoms with Crippen molar-refractivity contribution in [1.29, 1.82) is 0 Å². The fourth-order valence-electron chi connectivity index (χ4n) is 4.65. The van der Waals surface area contributed by atoms with Gasteiger partial charge in [0.2, 0.25) is 0 Å². The molecular formula is C28H29Cl2N3O3. The molecule has 1 saturated heterocycles. The standard InChI is InChI=1S/C28H29Cl2N3O3/c29-22-5-3-6-23(30)26(22)27(34)32-25(28(35)36)16-18-8-10-19(11-9-18)20-12-14-33(15-13-20)17-21-4-1-2-7-24(21)31/h1-11,20,25H,12-17,31H2,(H,32,34)(H,35,36)/t25-/m0/s1. The molecule has 8 heteroatoms. The first-order valence-corrected chi connectivity index (χ1v) is 12.7. The van der Waals surface area contributed by atoms with E-state index in [2.05, 4.69) is 28.4 Å². The zero-order valence-corrected chi connectivity index (χ0v) is 21.3. The Balaban J connectivity index is 1.34. The fourth-order valence-corrected chi connectivity index (χ4v) is 5.22. The van der Waals surface area contributed by atoms with Crippen molar-refractivity contribution in [3.8, 4) is 0 Å². The molecule has 0 radical (unpaired) electrons. The number of carbonyl (C=O) groups excluding carboxylic acids is 1. The number of anilines is 1. The van der Waals surface area contributed by atoms with Gasteiger partial charge in [-0.1, -0.05) is 71.7 Å². The molecule has 1 aliphatic rings. The number of benzene rings is 3. The topological polar surface area (TPSA) is 95.7 Å². The molecule has 1 amide bonds. The first kappa shape index (κ1) is 26.0. The molecule has 6 nitrogen and oxygen atoms in total. The highest BCUT2D eigenvalue weighted by Crippen LogP contribution is 2.30. The minimum Gasteiger partial charge on any atom is -0.480 e. The van der Waals surface area contributed by atoms with Crippen molar-refractivity contribution >= 4 is 40.8 Å². The Labute approximate surface area is 221 Å². The monoisotopic (exact) mass is 525 g/mol. The highest BCUT2D eigenvalue weighted by atomic mass is 35.5. The Morgan fingerprint density at radius 1 is 0.972 bits per heavy atom. The summed E-state index contributed by atoms with van der Waals surface area (Å²) in [4.78, 5) is 26.9. The van der Waals surface area contributed by atoms with Crippen LogP contribution in [0.3, 0.4) is 0 Å². The molecule has 1 atom stereocenters. The molecule has 188 valence electrons. The predicted octanol–water partition coefficient (Wildman–Crippen LogP) is 5.38. The molecular weight excluding hydrogens is 497 g/mol. The van der Waals surface area contributed by atoms with Crippen LogP contribution in [0.25, 0.3) is 0 Å². The quantitative estimate of drug-likeness (QED) is 0.343. The van der Waals surface area contributed by atoms with Crippen molar-refractivity contribution in [3.63, 3.8) is 0 Å². The van der Waals surface area contributed by atoms with Gasteiger partial charge >= 0.3 is 5.97 Å². The summed E-state index contributed by atoms with van der Waals surface area (Å²) in [7, 11) is 0. The van der Waals surface area contributed by atoms with E-state index in [9.17, 15) is 14.7 Å². The maximum absolute atomic E-state index is 12.7. The molecule has 1 heterocycles. The number of amides is 1. The first-order valence-electron chi connectivity index (χ1n) is 11.9. The van der Waals surface area contributed by atoms with Gasteiger partial charge in [-0.2, -0.15) is 0 Å². The Morgan fingerprint density at radius 2 is 1.61 bits per heavy atom. The van der Waals surface area contributed by atoms with Gasteiger partial charge in [-0.15, -0.1) is 0 Å². The van der Waals surface area contributed by atoms with Crippen LogP contribution in [0.4, 0.5) is 5.69 Å². The molecule has 0 bridgehead atoms. The second kappa shape index (κ2) is 11.8.